The molecule has 0 bridgehead atoms. The summed E-state index contributed by atoms with van der Waals surface area (Å²) in [7, 11) is 0. The molecule has 1 N–H and O–H groups in total. The molecule has 134 valence electrons. The maximum Gasteiger partial charge on any atom is 0.334 e. The van der Waals surface area contributed by atoms with Crippen LogP contribution in [-0.2, 0) is 23.9 Å². The Bertz CT molecular complexity index is 711. The lowest BCUT2D eigenvalue weighted by Crippen LogP contribution is -2.41. The molecule has 1 aliphatic heterocycles. The summed E-state index contributed by atoms with van der Waals surface area (Å²) in [6, 6.07) is 0. The van der Waals surface area contributed by atoms with Gasteiger partial charge in [-0.25, -0.2) is 9.59 Å². The smallest absolute Gasteiger partial charge is 0.334 e. The fourth-order valence-electron chi connectivity index (χ4n) is 3.01. The van der Waals surface area contributed by atoms with Crippen LogP contribution >= 0.6 is 0 Å². The zero-order chi connectivity index (χ0) is 18.9. The Kier molecular flexibility index (Phi) is 5.42. The third-order valence-corrected chi connectivity index (χ3v) is 4.33. The van der Waals surface area contributed by atoms with E-state index in [1.165, 1.54) is 19.1 Å². The molecule has 1 fully saturated rings. The molecule has 0 spiro atoms. The van der Waals surface area contributed by atoms with Crippen LogP contribution < -0.4 is 0 Å². The van der Waals surface area contributed by atoms with Crippen molar-refractivity contribution in [3.05, 3.63) is 47.6 Å². The average Bonchev–Trinajstić information content (AvgIpc) is 2.80. The van der Waals surface area contributed by atoms with E-state index in [9.17, 15) is 19.5 Å². The fourth-order valence-corrected chi connectivity index (χ4v) is 3.01. The Hall–Kier alpha value is -2.47. The first-order valence-electron chi connectivity index (χ1n) is 7.95. The molecule has 0 aromatic rings. The predicted molar refractivity (Wildman–Crippen MR) is 90.3 cm³/mol. The summed E-state index contributed by atoms with van der Waals surface area (Å²) >= 11 is 0. The van der Waals surface area contributed by atoms with Gasteiger partial charge in [-0.3, -0.25) is 4.79 Å². The van der Waals surface area contributed by atoms with Gasteiger partial charge < -0.3 is 14.6 Å². The number of rotatable bonds is 2. The first kappa shape index (κ1) is 18.9. The van der Waals surface area contributed by atoms with E-state index in [2.05, 4.69) is 13.2 Å². The van der Waals surface area contributed by atoms with Gasteiger partial charge in [0.25, 0.3) is 0 Å². The van der Waals surface area contributed by atoms with Crippen LogP contribution in [0.15, 0.2) is 47.6 Å². The molecule has 25 heavy (non-hydrogen) atoms. The second kappa shape index (κ2) is 7.19. The van der Waals surface area contributed by atoms with Crippen LogP contribution in [-0.4, -0.2) is 41.1 Å². The van der Waals surface area contributed by atoms with Crippen molar-refractivity contribution < 1.29 is 29.0 Å². The lowest BCUT2D eigenvalue weighted by Gasteiger charge is -2.30. The van der Waals surface area contributed by atoms with E-state index in [4.69, 9.17) is 9.47 Å². The van der Waals surface area contributed by atoms with Crippen LogP contribution in [0.5, 0.6) is 0 Å². The van der Waals surface area contributed by atoms with Crippen molar-refractivity contribution in [3.8, 4) is 0 Å². The summed E-state index contributed by atoms with van der Waals surface area (Å²) in [6.07, 6.45) is -0.0503. The zero-order valence-corrected chi connectivity index (χ0v) is 14.6. The lowest BCUT2D eigenvalue weighted by molar-refractivity contribution is -0.150. The molecule has 1 unspecified atom stereocenters. The van der Waals surface area contributed by atoms with E-state index in [1.807, 2.05) is 0 Å². The van der Waals surface area contributed by atoms with Crippen LogP contribution in [0.4, 0.5) is 0 Å². The van der Waals surface area contributed by atoms with E-state index in [0.717, 1.165) is 0 Å². The summed E-state index contributed by atoms with van der Waals surface area (Å²) in [5.41, 5.74) is 1.38. The Labute approximate surface area is 146 Å². The van der Waals surface area contributed by atoms with E-state index in [1.54, 1.807) is 13.8 Å². The number of carbonyl (C=O) groups excluding carboxylic acids is 3. The molecule has 6 nitrogen and oxygen atoms in total. The van der Waals surface area contributed by atoms with Crippen molar-refractivity contribution in [3.63, 3.8) is 0 Å². The van der Waals surface area contributed by atoms with Crippen LogP contribution in [0.25, 0.3) is 0 Å². The molecule has 2 aliphatic rings. The van der Waals surface area contributed by atoms with Crippen molar-refractivity contribution in [2.45, 2.75) is 45.5 Å². The van der Waals surface area contributed by atoms with Gasteiger partial charge in [0.15, 0.2) is 5.78 Å². The molecule has 6 heteroatoms. The highest BCUT2D eigenvalue weighted by Crippen LogP contribution is 2.37. The summed E-state index contributed by atoms with van der Waals surface area (Å²) in [5, 5.41) is 10.5. The lowest BCUT2D eigenvalue weighted by atomic mass is 9.83. The van der Waals surface area contributed by atoms with Gasteiger partial charge in [-0.05, 0) is 38.5 Å². The number of fused-ring (bicyclic) bond motifs is 1. The van der Waals surface area contributed by atoms with Gasteiger partial charge in [0.2, 0.25) is 0 Å². The van der Waals surface area contributed by atoms with Gasteiger partial charge in [-0.2, -0.15) is 0 Å². The van der Waals surface area contributed by atoms with E-state index >= 15 is 0 Å². The van der Waals surface area contributed by atoms with Crippen LogP contribution in [0.1, 0.15) is 27.2 Å². The highest BCUT2D eigenvalue weighted by molar-refractivity contribution is 6.00. The Morgan fingerprint density at radius 1 is 1.32 bits per heavy atom. The molecule has 0 aromatic carbocycles. The van der Waals surface area contributed by atoms with Gasteiger partial charge in [-0.15, -0.1) is 0 Å². The van der Waals surface area contributed by atoms with Gasteiger partial charge in [0.05, 0.1) is 5.92 Å². The number of aliphatic hydroxyl groups excluding tert-OH is 1. The molecule has 0 saturated carbocycles. The number of aliphatic hydroxyl groups is 1. The molecular weight excluding hydrogens is 324 g/mol. The molecule has 0 radical (unpaired) electrons. The SMILES string of the molecule is C=C(C)C(=O)O[C@H]1C/C(C)=C/C(=O)/C=C(/C)[C@@H](O)[C@H]2OC(=O)C(=C)C12. The Morgan fingerprint density at radius 2 is 1.96 bits per heavy atom. The normalized spacial score (nSPS) is 34.2. The monoisotopic (exact) mass is 346 g/mol. The number of hydrogen-bond acceptors (Lipinski definition) is 6. The van der Waals surface area contributed by atoms with Crippen LogP contribution in [0.3, 0.4) is 0 Å². The Morgan fingerprint density at radius 3 is 2.56 bits per heavy atom. The highest BCUT2D eigenvalue weighted by Gasteiger charge is 2.48. The standard InChI is InChI=1S/C19H22O6/c1-9(2)18(22)24-14-7-10(3)6-13(20)8-11(4)16(21)17-15(14)12(5)19(23)25-17/h6,8,14-17,21H,1,5,7H2,2-4H3/b10-6+,11-8-/t14-,15?,16+,17-/m0/s1. The molecule has 0 aromatic heterocycles. The number of allylic oxidation sites excluding steroid dienone is 2. The molecule has 2 rings (SSSR count). The van der Waals surface area contributed by atoms with E-state index < -0.39 is 36.2 Å². The van der Waals surface area contributed by atoms with E-state index in [0.29, 0.717) is 11.1 Å². The number of ether oxygens (including phenoxy) is 2. The maximum absolute atomic E-state index is 12.0. The first-order chi connectivity index (χ1) is 11.6. The minimum absolute atomic E-state index is 0.135. The summed E-state index contributed by atoms with van der Waals surface area (Å²) in [6.45, 7) is 12.1. The predicted octanol–water partition coefficient (Wildman–Crippen LogP) is 1.80. The molecule has 1 saturated heterocycles. The van der Waals surface area contributed by atoms with Crippen molar-refractivity contribution in [1.29, 1.82) is 0 Å². The minimum atomic E-state index is -1.20. The van der Waals surface area contributed by atoms with Crippen molar-refractivity contribution in [2.75, 3.05) is 0 Å². The van der Waals surface area contributed by atoms with Crippen LogP contribution in [0, 0.1) is 5.92 Å². The molecular formula is C19H22O6. The van der Waals surface area contributed by atoms with Gasteiger partial charge >= 0.3 is 11.9 Å². The zero-order valence-electron chi connectivity index (χ0n) is 14.6. The number of esters is 2. The largest absolute Gasteiger partial charge is 0.458 e. The molecule has 1 heterocycles. The van der Waals surface area contributed by atoms with Crippen molar-refractivity contribution in [1.82, 2.24) is 0 Å². The average molecular weight is 346 g/mol. The topological polar surface area (TPSA) is 89.9 Å². The molecule has 0 amide bonds. The van der Waals surface area contributed by atoms with Crippen LogP contribution in [0.2, 0.25) is 0 Å². The fraction of sp³-hybridized carbons (Fsp3) is 0.421. The molecule has 1 aliphatic carbocycles. The highest BCUT2D eigenvalue weighted by atomic mass is 16.6. The summed E-state index contributed by atoms with van der Waals surface area (Å²) < 4.78 is 10.8. The van der Waals surface area contributed by atoms with Gasteiger partial charge in [-0.1, -0.05) is 18.7 Å². The van der Waals surface area contributed by atoms with Gasteiger partial charge in [0.1, 0.15) is 18.3 Å². The maximum atomic E-state index is 12.0. The third-order valence-electron chi connectivity index (χ3n) is 4.33. The minimum Gasteiger partial charge on any atom is -0.458 e. The molecule has 4 atom stereocenters. The Balaban J connectivity index is 2.50. The quantitative estimate of drug-likeness (QED) is 0.606. The first-order valence-corrected chi connectivity index (χ1v) is 7.95. The second-order valence-corrected chi connectivity index (χ2v) is 6.58. The summed E-state index contributed by atoms with van der Waals surface area (Å²) in [4.78, 5) is 36.0. The van der Waals surface area contributed by atoms with Gasteiger partial charge in [0, 0.05) is 17.6 Å². The number of carbonyl (C=O) groups is 3. The third kappa shape index (κ3) is 3.96. The van der Waals surface area contributed by atoms with Crippen molar-refractivity contribution in [2.24, 2.45) is 5.92 Å². The van der Waals surface area contributed by atoms with E-state index in [-0.39, 0.29) is 23.4 Å². The second-order valence-electron chi connectivity index (χ2n) is 6.58. The summed E-state index contributed by atoms with van der Waals surface area (Å²) in [5.74, 6) is -2.27. The van der Waals surface area contributed by atoms with Crippen molar-refractivity contribution >= 4 is 17.7 Å². The number of ketones is 1. The number of hydrogen-bond donors (Lipinski definition) is 1.